The van der Waals surface area contributed by atoms with Gasteiger partial charge in [-0.2, -0.15) is 0 Å². The number of nitrogens with one attached hydrogen (secondary N) is 2. The first-order chi connectivity index (χ1) is 10.7. The van der Waals surface area contributed by atoms with Gasteiger partial charge in [0.1, 0.15) is 11.4 Å². The highest BCUT2D eigenvalue weighted by atomic mass is 16.5. The summed E-state index contributed by atoms with van der Waals surface area (Å²) in [6.07, 6.45) is 2.45. The van der Waals surface area contributed by atoms with E-state index in [-0.39, 0.29) is 5.91 Å². The number of aromatic nitrogens is 2. The van der Waals surface area contributed by atoms with Gasteiger partial charge in [0.15, 0.2) is 0 Å². The largest absolute Gasteiger partial charge is 0.496 e. The van der Waals surface area contributed by atoms with Crippen molar-refractivity contribution in [3.8, 4) is 5.75 Å². The minimum absolute atomic E-state index is 0.190. The van der Waals surface area contributed by atoms with Crippen LogP contribution in [0.15, 0.2) is 36.5 Å². The Balaban J connectivity index is 2.03. The van der Waals surface area contributed by atoms with Crippen molar-refractivity contribution in [1.82, 2.24) is 15.3 Å². The third-order valence-corrected chi connectivity index (χ3v) is 3.05. The number of nitrogens with zero attached hydrogens (tertiary/aromatic N) is 2. The molecule has 0 aliphatic rings. The van der Waals surface area contributed by atoms with Crippen molar-refractivity contribution in [2.75, 3.05) is 19.0 Å². The third kappa shape index (κ3) is 4.18. The van der Waals surface area contributed by atoms with Gasteiger partial charge in [-0.15, -0.1) is 0 Å². The Morgan fingerprint density at radius 3 is 2.86 bits per heavy atom. The minimum Gasteiger partial charge on any atom is -0.496 e. The highest BCUT2D eigenvalue weighted by Crippen LogP contribution is 2.17. The number of anilines is 1. The van der Waals surface area contributed by atoms with Gasteiger partial charge in [0.05, 0.1) is 7.11 Å². The molecule has 2 rings (SSSR count). The van der Waals surface area contributed by atoms with E-state index >= 15 is 0 Å². The molecule has 116 valence electrons. The normalized spacial score (nSPS) is 10.1. The lowest BCUT2D eigenvalue weighted by Gasteiger charge is -2.10. The zero-order chi connectivity index (χ0) is 15.8. The molecular formula is C16H20N4O2. The van der Waals surface area contributed by atoms with Crippen LogP contribution in [-0.4, -0.2) is 29.5 Å². The van der Waals surface area contributed by atoms with Crippen LogP contribution in [0.4, 0.5) is 5.95 Å². The maximum absolute atomic E-state index is 11.9. The van der Waals surface area contributed by atoms with E-state index in [2.05, 4.69) is 20.6 Å². The van der Waals surface area contributed by atoms with Crippen molar-refractivity contribution in [2.24, 2.45) is 0 Å². The second-order valence-corrected chi connectivity index (χ2v) is 4.69. The zero-order valence-corrected chi connectivity index (χ0v) is 12.8. The smallest absolute Gasteiger partial charge is 0.270 e. The van der Waals surface area contributed by atoms with E-state index in [1.165, 1.54) is 0 Å². The molecule has 1 amide bonds. The Hall–Kier alpha value is -2.63. The lowest BCUT2D eigenvalue weighted by molar-refractivity contribution is 0.0948. The highest BCUT2D eigenvalue weighted by Gasteiger charge is 2.08. The van der Waals surface area contributed by atoms with Gasteiger partial charge in [-0.05, 0) is 18.6 Å². The van der Waals surface area contributed by atoms with Gasteiger partial charge >= 0.3 is 0 Å². The van der Waals surface area contributed by atoms with E-state index in [9.17, 15) is 4.79 Å². The lowest BCUT2D eigenvalue weighted by atomic mass is 10.2. The topological polar surface area (TPSA) is 76.1 Å². The lowest BCUT2D eigenvalue weighted by Crippen LogP contribution is -2.25. The number of para-hydroxylation sites is 1. The number of hydrogen-bond acceptors (Lipinski definition) is 5. The van der Waals surface area contributed by atoms with E-state index in [1.54, 1.807) is 19.4 Å². The van der Waals surface area contributed by atoms with Crippen LogP contribution in [0.1, 0.15) is 29.4 Å². The number of methoxy groups -OCH3 is 1. The van der Waals surface area contributed by atoms with Crippen LogP contribution in [0.5, 0.6) is 5.75 Å². The molecule has 22 heavy (non-hydrogen) atoms. The molecule has 0 fully saturated rings. The summed E-state index contributed by atoms with van der Waals surface area (Å²) in [5, 5.41) is 5.90. The first kappa shape index (κ1) is 15.8. The maximum Gasteiger partial charge on any atom is 0.270 e. The standard InChI is InChI=1S/C16H20N4O2/c1-3-9-17-15(21)13-8-10-18-16(20-13)19-11-12-6-4-5-7-14(12)22-2/h4-8,10H,3,9,11H2,1-2H3,(H,17,21)(H,18,19,20). The summed E-state index contributed by atoms with van der Waals surface area (Å²) in [4.78, 5) is 20.2. The Kier molecular flexibility index (Phi) is 5.71. The molecule has 0 aliphatic carbocycles. The molecule has 0 radical (unpaired) electrons. The van der Waals surface area contributed by atoms with Crippen LogP contribution >= 0.6 is 0 Å². The van der Waals surface area contributed by atoms with Crippen molar-refractivity contribution in [1.29, 1.82) is 0 Å². The first-order valence-electron chi connectivity index (χ1n) is 7.21. The van der Waals surface area contributed by atoms with Crippen molar-refractivity contribution in [3.63, 3.8) is 0 Å². The summed E-state index contributed by atoms with van der Waals surface area (Å²) in [5.41, 5.74) is 1.35. The molecule has 0 aliphatic heterocycles. The van der Waals surface area contributed by atoms with Gasteiger partial charge in [-0.25, -0.2) is 9.97 Å². The third-order valence-electron chi connectivity index (χ3n) is 3.05. The molecule has 2 N–H and O–H groups in total. The predicted octanol–water partition coefficient (Wildman–Crippen LogP) is 2.24. The fourth-order valence-corrected chi connectivity index (χ4v) is 1.92. The van der Waals surface area contributed by atoms with E-state index in [0.717, 1.165) is 17.7 Å². The van der Waals surface area contributed by atoms with Gasteiger partial charge in [0.2, 0.25) is 5.95 Å². The van der Waals surface area contributed by atoms with Crippen LogP contribution in [0.25, 0.3) is 0 Å². The van der Waals surface area contributed by atoms with E-state index in [0.29, 0.717) is 24.7 Å². The summed E-state index contributed by atoms with van der Waals surface area (Å²) in [7, 11) is 1.63. The van der Waals surface area contributed by atoms with Crippen LogP contribution in [0, 0.1) is 0 Å². The Labute approximate surface area is 129 Å². The fourth-order valence-electron chi connectivity index (χ4n) is 1.92. The molecule has 0 bridgehead atoms. The molecule has 6 nitrogen and oxygen atoms in total. The SMILES string of the molecule is CCCNC(=O)c1ccnc(NCc2ccccc2OC)n1. The number of carbonyl (C=O) groups excluding carboxylic acids is 1. The number of hydrogen-bond donors (Lipinski definition) is 2. The van der Waals surface area contributed by atoms with E-state index in [1.807, 2.05) is 31.2 Å². The molecule has 1 aromatic heterocycles. The molecule has 0 unspecified atom stereocenters. The number of rotatable bonds is 7. The summed E-state index contributed by atoms with van der Waals surface area (Å²) in [5.74, 6) is 1.02. The summed E-state index contributed by atoms with van der Waals surface area (Å²) in [6.45, 7) is 3.15. The predicted molar refractivity (Wildman–Crippen MR) is 85.0 cm³/mol. The second-order valence-electron chi connectivity index (χ2n) is 4.69. The zero-order valence-electron chi connectivity index (χ0n) is 12.8. The number of carbonyl (C=O) groups is 1. The van der Waals surface area contributed by atoms with Gasteiger partial charge in [0.25, 0.3) is 5.91 Å². The highest BCUT2D eigenvalue weighted by molar-refractivity contribution is 5.92. The second kappa shape index (κ2) is 7.97. The summed E-state index contributed by atoms with van der Waals surface area (Å²) in [6, 6.07) is 9.31. The molecule has 0 saturated carbocycles. The minimum atomic E-state index is -0.190. The molecule has 0 saturated heterocycles. The average molecular weight is 300 g/mol. The summed E-state index contributed by atoms with van der Waals surface area (Å²) >= 11 is 0. The first-order valence-corrected chi connectivity index (χ1v) is 7.21. The molecular weight excluding hydrogens is 280 g/mol. The quantitative estimate of drug-likeness (QED) is 0.820. The van der Waals surface area contributed by atoms with Crippen molar-refractivity contribution in [2.45, 2.75) is 19.9 Å². The number of benzene rings is 1. The maximum atomic E-state index is 11.9. The van der Waals surface area contributed by atoms with Crippen LogP contribution < -0.4 is 15.4 Å². The monoisotopic (exact) mass is 300 g/mol. The molecule has 0 atom stereocenters. The average Bonchev–Trinajstić information content (AvgIpc) is 2.58. The van der Waals surface area contributed by atoms with Gasteiger partial charge in [-0.3, -0.25) is 4.79 Å². The fraction of sp³-hybridized carbons (Fsp3) is 0.312. The van der Waals surface area contributed by atoms with Gasteiger partial charge < -0.3 is 15.4 Å². The molecule has 2 aromatic rings. The van der Waals surface area contributed by atoms with Crippen molar-refractivity contribution < 1.29 is 9.53 Å². The van der Waals surface area contributed by atoms with Crippen LogP contribution in [-0.2, 0) is 6.54 Å². The summed E-state index contributed by atoms with van der Waals surface area (Å²) < 4.78 is 5.30. The van der Waals surface area contributed by atoms with E-state index < -0.39 is 0 Å². The molecule has 1 aromatic carbocycles. The van der Waals surface area contributed by atoms with Crippen LogP contribution in [0.2, 0.25) is 0 Å². The molecule has 1 heterocycles. The van der Waals surface area contributed by atoms with Gasteiger partial charge in [-0.1, -0.05) is 25.1 Å². The van der Waals surface area contributed by atoms with Crippen molar-refractivity contribution in [3.05, 3.63) is 47.8 Å². The molecule has 6 heteroatoms. The Morgan fingerprint density at radius 2 is 2.09 bits per heavy atom. The Morgan fingerprint density at radius 1 is 1.27 bits per heavy atom. The van der Waals surface area contributed by atoms with E-state index in [4.69, 9.17) is 4.74 Å². The van der Waals surface area contributed by atoms with Gasteiger partial charge in [0, 0.05) is 24.8 Å². The van der Waals surface area contributed by atoms with Crippen molar-refractivity contribution >= 4 is 11.9 Å². The number of amides is 1. The van der Waals surface area contributed by atoms with Crippen LogP contribution in [0.3, 0.4) is 0 Å². The Bertz CT molecular complexity index is 631. The number of ether oxygens (including phenoxy) is 1. The molecule has 0 spiro atoms.